The molecule has 2 aromatic carbocycles. The molecule has 0 fully saturated rings. The number of primary sulfonamides is 1. The molecular weight excluding hydrogens is 326 g/mol. The van der Waals surface area contributed by atoms with Gasteiger partial charge in [0.2, 0.25) is 15.9 Å². The molecule has 0 aliphatic heterocycles. The lowest BCUT2D eigenvalue weighted by Gasteiger charge is -2.09. The fourth-order valence-corrected chi connectivity index (χ4v) is 2.63. The number of hydrogen-bond acceptors (Lipinski definition) is 4. The topological polar surface area (TPSA) is 101 Å². The first-order valence-electron chi connectivity index (χ1n) is 7.64. The molecule has 0 aliphatic rings. The summed E-state index contributed by atoms with van der Waals surface area (Å²) in [5, 5.41) is 11.1. The van der Waals surface area contributed by atoms with Gasteiger partial charge in [0.05, 0.1) is 4.90 Å². The van der Waals surface area contributed by atoms with Gasteiger partial charge in [0.15, 0.2) is 0 Å². The van der Waals surface area contributed by atoms with Crippen LogP contribution < -0.4 is 15.8 Å². The Labute approximate surface area is 142 Å². The van der Waals surface area contributed by atoms with Crippen LogP contribution in [0.5, 0.6) is 0 Å². The Morgan fingerprint density at radius 3 is 2.12 bits per heavy atom. The summed E-state index contributed by atoms with van der Waals surface area (Å²) >= 11 is 0. The molecular formula is C17H21N3O3S. The van der Waals surface area contributed by atoms with E-state index in [1.807, 2.05) is 24.3 Å². The SMILES string of the molecule is CCC(=O)Nc1ccc(NCCc2ccc(S(N)(=O)=O)cc2)cc1. The second-order valence-corrected chi connectivity index (χ2v) is 6.91. The van der Waals surface area contributed by atoms with E-state index in [0.717, 1.165) is 23.4 Å². The minimum absolute atomic E-state index is 0.0151. The summed E-state index contributed by atoms with van der Waals surface area (Å²) in [5.74, 6) is -0.0151. The summed E-state index contributed by atoms with van der Waals surface area (Å²) in [7, 11) is -3.64. The van der Waals surface area contributed by atoms with Crippen LogP contribution in [0.3, 0.4) is 0 Å². The number of amides is 1. The smallest absolute Gasteiger partial charge is 0.238 e. The summed E-state index contributed by atoms with van der Waals surface area (Å²) < 4.78 is 22.4. The molecule has 0 spiro atoms. The van der Waals surface area contributed by atoms with Crippen LogP contribution in [0.4, 0.5) is 11.4 Å². The summed E-state index contributed by atoms with van der Waals surface area (Å²) in [6.45, 7) is 2.51. The van der Waals surface area contributed by atoms with E-state index >= 15 is 0 Å². The number of carbonyl (C=O) groups excluding carboxylic acids is 1. The van der Waals surface area contributed by atoms with Gasteiger partial charge in [-0.1, -0.05) is 19.1 Å². The molecule has 0 saturated heterocycles. The molecule has 128 valence electrons. The molecule has 0 heterocycles. The van der Waals surface area contributed by atoms with E-state index in [0.29, 0.717) is 13.0 Å². The van der Waals surface area contributed by atoms with Crippen molar-refractivity contribution in [1.29, 1.82) is 0 Å². The van der Waals surface area contributed by atoms with E-state index in [1.165, 1.54) is 12.1 Å². The number of nitrogens with two attached hydrogens (primary N) is 1. The number of rotatable bonds is 7. The highest BCUT2D eigenvalue weighted by molar-refractivity contribution is 7.89. The zero-order chi connectivity index (χ0) is 17.6. The fourth-order valence-electron chi connectivity index (χ4n) is 2.12. The van der Waals surface area contributed by atoms with Crippen molar-refractivity contribution in [3.05, 3.63) is 54.1 Å². The third-order valence-electron chi connectivity index (χ3n) is 3.48. The second-order valence-electron chi connectivity index (χ2n) is 5.34. The third-order valence-corrected chi connectivity index (χ3v) is 4.41. The summed E-state index contributed by atoms with van der Waals surface area (Å²) in [6, 6.07) is 14.0. The number of hydrogen-bond donors (Lipinski definition) is 3. The van der Waals surface area contributed by atoms with Crippen LogP contribution >= 0.6 is 0 Å². The van der Waals surface area contributed by atoms with Gasteiger partial charge < -0.3 is 10.6 Å². The summed E-state index contributed by atoms with van der Waals surface area (Å²) in [5.41, 5.74) is 2.73. The lowest BCUT2D eigenvalue weighted by atomic mass is 10.1. The van der Waals surface area contributed by atoms with E-state index in [-0.39, 0.29) is 10.8 Å². The first-order valence-corrected chi connectivity index (χ1v) is 9.18. The van der Waals surface area contributed by atoms with E-state index < -0.39 is 10.0 Å². The normalized spacial score (nSPS) is 11.1. The van der Waals surface area contributed by atoms with Gasteiger partial charge in [-0.15, -0.1) is 0 Å². The molecule has 4 N–H and O–H groups in total. The van der Waals surface area contributed by atoms with Gasteiger partial charge in [-0.05, 0) is 48.4 Å². The largest absolute Gasteiger partial charge is 0.385 e. The van der Waals surface area contributed by atoms with Crippen molar-refractivity contribution < 1.29 is 13.2 Å². The average molecular weight is 347 g/mol. The van der Waals surface area contributed by atoms with E-state index in [2.05, 4.69) is 10.6 Å². The van der Waals surface area contributed by atoms with Crippen LogP contribution in [-0.4, -0.2) is 20.9 Å². The zero-order valence-corrected chi connectivity index (χ0v) is 14.3. The van der Waals surface area contributed by atoms with Crippen molar-refractivity contribution in [3.63, 3.8) is 0 Å². The Hall–Kier alpha value is -2.38. The van der Waals surface area contributed by atoms with Gasteiger partial charge in [-0.25, -0.2) is 13.6 Å². The number of nitrogens with one attached hydrogen (secondary N) is 2. The van der Waals surface area contributed by atoms with Crippen LogP contribution in [0.25, 0.3) is 0 Å². The van der Waals surface area contributed by atoms with Gasteiger partial charge in [0, 0.05) is 24.3 Å². The number of anilines is 2. The van der Waals surface area contributed by atoms with E-state index in [9.17, 15) is 13.2 Å². The van der Waals surface area contributed by atoms with Gasteiger partial charge in [-0.2, -0.15) is 0 Å². The van der Waals surface area contributed by atoms with Gasteiger partial charge >= 0.3 is 0 Å². The Balaban J connectivity index is 1.84. The first kappa shape index (κ1) is 18.0. The van der Waals surface area contributed by atoms with E-state index in [1.54, 1.807) is 19.1 Å². The maximum atomic E-state index is 11.3. The monoisotopic (exact) mass is 347 g/mol. The Morgan fingerprint density at radius 2 is 1.58 bits per heavy atom. The number of sulfonamides is 1. The number of carbonyl (C=O) groups is 1. The maximum absolute atomic E-state index is 11.3. The highest BCUT2D eigenvalue weighted by atomic mass is 32.2. The molecule has 0 bridgehead atoms. The zero-order valence-electron chi connectivity index (χ0n) is 13.5. The van der Waals surface area contributed by atoms with Crippen LogP contribution in [0, 0.1) is 0 Å². The predicted molar refractivity (Wildman–Crippen MR) is 95.4 cm³/mol. The van der Waals surface area contributed by atoms with Crippen LogP contribution in [0.15, 0.2) is 53.4 Å². The first-order chi connectivity index (χ1) is 11.4. The molecule has 2 aromatic rings. The predicted octanol–water partition coefficient (Wildman–Crippen LogP) is 2.34. The average Bonchev–Trinajstić information content (AvgIpc) is 2.56. The van der Waals surface area contributed by atoms with Crippen LogP contribution in [-0.2, 0) is 21.2 Å². The highest BCUT2D eigenvalue weighted by Crippen LogP contribution is 2.14. The molecule has 7 heteroatoms. The molecule has 0 unspecified atom stereocenters. The molecule has 0 aliphatic carbocycles. The quantitative estimate of drug-likeness (QED) is 0.715. The third kappa shape index (κ3) is 5.36. The molecule has 0 atom stereocenters. The second kappa shape index (κ2) is 7.94. The van der Waals surface area contributed by atoms with Crippen molar-refractivity contribution >= 4 is 27.3 Å². The molecule has 0 aromatic heterocycles. The van der Waals surface area contributed by atoms with Gasteiger partial charge in [-0.3, -0.25) is 4.79 Å². The number of benzene rings is 2. The molecule has 1 amide bonds. The van der Waals surface area contributed by atoms with Crippen LogP contribution in [0.1, 0.15) is 18.9 Å². The molecule has 2 rings (SSSR count). The van der Waals surface area contributed by atoms with Crippen molar-refractivity contribution in [1.82, 2.24) is 0 Å². The highest BCUT2D eigenvalue weighted by Gasteiger charge is 2.06. The van der Waals surface area contributed by atoms with Crippen molar-refractivity contribution in [2.75, 3.05) is 17.2 Å². The Kier molecular flexibility index (Phi) is 5.94. The molecule has 0 radical (unpaired) electrons. The van der Waals surface area contributed by atoms with Crippen LogP contribution in [0.2, 0.25) is 0 Å². The molecule has 24 heavy (non-hydrogen) atoms. The fraction of sp³-hybridized carbons (Fsp3) is 0.235. The Bertz CT molecular complexity index is 785. The minimum atomic E-state index is -3.64. The van der Waals surface area contributed by atoms with Crippen molar-refractivity contribution in [3.8, 4) is 0 Å². The maximum Gasteiger partial charge on any atom is 0.238 e. The van der Waals surface area contributed by atoms with Gasteiger partial charge in [0.25, 0.3) is 0 Å². The summed E-state index contributed by atoms with van der Waals surface area (Å²) in [4.78, 5) is 11.4. The lowest BCUT2D eigenvalue weighted by Crippen LogP contribution is -2.12. The molecule has 0 saturated carbocycles. The Morgan fingerprint density at radius 1 is 1.00 bits per heavy atom. The van der Waals surface area contributed by atoms with Crippen molar-refractivity contribution in [2.24, 2.45) is 5.14 Å². The van der Waals surface area contributed by atoms with Gasteiger partial charge in [0.1, 0.15) is 0 Å². The van der Waals surface area contributed by atoms with Crippen molar-refractivity contribution in [2.45, 2.75) is 24.7 Å². The lowest BCUT2D eigenvalue weighted by molar-refractivity contribution is -0.115. The molecule has 6 nitrogen and oxygen atoms in total. The summed E-state index contributed by atoms with van der Waals surface area (Å²) in [6.07, 6.45) is 1.20. The standard InChI is InChI=1S/C17H21N3O3S/c1-2-17(21)20-15-7-5-14(6-8-15)19-12-11-13-3-9-16(10-4-13)24(18,22)23/h3-10,19H,2,11-12H2,1H3,(H,20,21)(H2,18,22,23). The van der Waals surface area contributed by atoms with E-state index in [4.69, 9.17) is 5.14 Å². The minimum Gasteiger partial charge on any atom is -0.385 e.